The maximum atomic E-state index is 11.9. The van der Waals surface area contributed by atoms with Crippen LogP contribution in [0.15, 0.2) is 18.2 Å². The Bertz CT molecular complexity index is 420. The van der Waals surface area contributed by atoms with E-state index in [0.29, 0.717) is 11.7 Å². The first kappa shape index (κ1) is 12.3. The van der Waals surface area contributed by atoms with Crippen LogP contribution in [0.2, 0.25) is 0 Å². The molecule has 1 aliphatic rings. The van der Waals surface area contributed by atoms with E-state index in [1.54, 1.807) is 0 Å². The van der Waals surface area contributed by atoms with Gasteiger partial charge in [0.1, 0.15) is 5.78 Å². The van der Waals surface area contributed by atoms with Crippen LogP contribution >= 0.6 is 0 Å². The van der Waals surface area contributed by atoms with Gasteiger partial charge in [-0.1, -0.05) is 30.7 Å². The fourth-order valence-corrected chi connectivity index (χ4v) is 2.81. The number of carbonyl (C=O) groups excluding carboxylic acids is 1. The van der Waals surface area contributed by atoms with Gasteiger partial charge in [-0.2, -0.15) is 0 Å². The van der Waals surface area contributed by atoms with Gasteiger partial charge in [-0.05, 0) is 50.2 Å². The summed E-state index contributed by atoms with van der Waals surface area (Å²) in [6.07, 6.45) is 3.89. The quantitative estimate of drug-likeness (QED) is 0.754. The van der Waals surface area contributed by atoms with E-state index in [0.717, 1.165) is 25.7 Å². The maximum absolute atomic E-state index is 11.9. The lowest BCUT2D eigenvalue weighted by atomic mass is 9.78. The molecule has 1 aliphatic carbocycles. The topological polar surface area (TPSA) is 17.1 Å². The Morgan fingerprint density at radius 3 is 2.82 bits per heavy atom. The van der Waals surface area contributed by atoms with E-state index in [2.05, 4.69) is 39.0 Å². The van der Waals surface area contributed by atoms with E-state index < -0.39 is 0 Å². The summed E-state index contributed by atoms with van der Waals surface area (Å²) in [5.41, 5.74) is 3.97. The van der Waals surface area contributed by atoms with Gasteiger partial charge in [0.25, 0.3) is 0 Å². The second kappa shape index (κ2) is 5.03. The molecule has 0 bridgehead atoms. The minimum Gasteiger partial charge on any atom is -0.299 e. The number of ketones is 1. The Kier molecular flexibility index (Phi) is 3.66. The van der Waals surface area contributed by atoms with Crippen LogP contribution in [0.1, 0.15) is 42.9 Å². The summed E-state index contributed by atoms with van der Waals surface area (Å²) in [4.78, 5) is 11.9. The average molecular weight is 230 g/mol. The Morgan fingerprint density at radius 2 is 2.06 bits per heavy atom. The molecule has 2 atom stereocenters. The Balaban J connectivity index is 2.14. The van der Waals surface area contributed by atoms with Crippen molar-refractivity contribution in [2.45, 2.75) is 46.5 Å². The molecule has 17 heavy (non-hydrogen) atoms. The first-order valence-electron chi connectivity index (χ1n) is 6.65. The van der Waals surface area contributed by atoms with Crippen LogP contribution in [0.5, 0.6) is 0 Å². The van der Waals surface area contributed by atoms with E-state index in [-0.39, 0.29) is 5.92 Å². The van der Waals surface area contributed by atoms with E-state index in [9.17, 15) is 4.79 Å². The summed E-state index contributed by atoms with van der Waals surface area (Å²) in [6.45, 7) is 6.53. The van der Waals surface area contributed by atoms with Crippen LogP contribution in [-0.2, 0) is 11.2 Å². The van der Waals surface area contributed by atoms with Gasteiger partial charge in [-0.3, -0.25) is 4.79 Å². The van der Waals surface area contributed by atoms with Gasteiger partial charge in [0.05, 0.1) is 0 Å². The van der Waals surface area contributed by atoms with Crippen molar-refractivity contribution in [1.82, 2.24) is 0 Å². The summed E-state index contributed by atoms with van der Waals surface area (Å²) in [6, 6.07) is 6.55. The molecule has 1 heteroatoms. The molecule has 1 saturated carbocycles. The van der Waals surface area contributed by atoms with Crippen molar-refractivity contribution in [3.05, 3.63) is 34.9 Å². The van der Waals surface area contributed by atoms with Crippen molar-refractivity contribution < 1.29 is 4.79 Å². The lowest BCUT2D eigenvalue weighted by Gasteiger charge is -2.26. The van der Waals surface area contributed by atoms with Crippen molar-refractivity contribution in [2.24, 2.45) is 11.8 Å². The number of aryl methyl sites for hydroxylation is 2. The third kappa shape index (κ3) is 2.96. The molecule has 0 saturated heterocycles. The Labute approximate surface area is 104 Å². The largest absolute Gasteiger partial charge is 0.299 e. The first-order valence-corrected chi connectivity index (χ1v) is 6.65. The van der Waals surface area contributed by atoms with Crippen LogP contribution in [-0.4, -0.2) is 5.78 Å². The zero-order valence-corrected chi connectivity index (χ0v) is 11.1. The summed E-state index contributed by atoms with van der Waals surface area (Å²) in [5.74, 6) is 1.45. The minimum absolute atomic E-state index is 0.263. The van der Waals surface area contributed by atoms with Gasteiger partial charge < -0.3 is 0 Å². The highest BCUT2D eigenvalue weighted by Gasteiger charge is 2.26. The number of hydrogen-bond donors (Lipinski definition) is 0. The molecular formula is C16H22O. The molecule has 0 N–H and O–H groups in total. The van der Waals surface area contributed by atoms with Gasteiger partial charge >= 0.3 is 0 Å². The summed E-state index contributed by atoms with van der Waals surface area (Å²) in [7, 11) is 0. The molecular weight excluding hydrogens is 208 g/mol. The van der Waals surface area contributed by atoms with E-state index >= 15 is 0 Å². The fraction of sp³-hybridized carbons (Fsp3) is 0.562. The van der Waals surface area contributed by atoms with Crippen molar-refractivity contribution in [2.75, 3.05) is 0 Å². The highest BCUT2D eigenvalue weighted by molar-refractivity contribution is 5.82. The van der Waals surface area contributed by atoms with Crippen molar-refractivity contribution in [3.8, 4) is 0 Å². The molecule has 2 unspecified atom stereocenters. The van der Waals surface area contributed by atoms with Crippen LogP contribution in [0.3, 0.4) is 0 Å². The highest BCUT2D eigenvalue weighted by Crippen LogP contribution is 2.29. The second-order valence-corrected chi connectivity index (χ2v) is 5.68. The molecule has 1 nitrogen and oxygen atoms in total. The molecule has 0 aromatic heterocycles. The standard InChI is InChI=1S/C16H22O/c1-11-4-6-13(3)14(8-11)10-15-9-12(2)5-7-16(15)17/h4,6,8,12,15H,5,7,9-10H2,1-3H3. The second-order valence-electron chi connectivity index (χ2n) is 5.68. The van der Waals surface area contributed by atoms with Gasteiger partial charge in [0, 0.05) is 12.3 Å². The lowest BCUT2D eigenvalue weighted by Crippen LogP contribution is -2.25. The molecule has 1 aromatic carbocycles. The van der Waals surface area contributed by atoms with Gasteiger partial charge in [-0.25, -0.2) is 0 Å². The normalized spacial score (nSPS) is 25.0. The van der Waals surface area contributed by atoms with Crippen LogP contribution in [0.25, 0.3) is 0 Å². The molecule has 1 aromatic rings. The third-order valence-corrected chi connectivity index (χ3v) is 4.00. The van der Waals surface area contributed by atoms with E-state index in [1.807, 2.05) is 0 Å². The smallest absolute Gasteiger partial charge is 0.136 e. The zero-order valence-electron chi connectivity index (χ0n) is 11.1. The predicted molar refractivity (Wildman–Crippen MR) is 71.1 cm³/mol. The van der Waals surface area contributed by atoms with Crippen LogP contribution in [0, 0.1) is 25.7 Å². The van der Waals surface area contributed by atoms with E-state index in [4.69, 9.17) is 0 Å². The number of hydrogen-bond acceptors (Lipinski definition) is 1. The van der Waals surface area contributed by atoms with E-state index in [1.165, 1.54) is 16.7 Å². The Hall–Kier alpha value is -1.11. The molecule has 0 radical (unpaired) electrons. The highest BCUT2D eigenvalue weighted by atomic mass is 16.1. The monoisotopic (exact) mass is 230 g/mol. The fourth-order valence-electron chi connectivity index (χ4n) is 2.81. The molecule has 0 spiro atoms. The number of benzene rings is 1. The zero-order chi connectivity index (χ0) is 12.4. The summed E-state index contributed by atoms with van der Waals surface area (Å²) < 4.78 is 0. The van der Waals surface area contributed by atoms with Crippen LogP contribution < -0.4 is 0 Å². The number of carbonyl (C=O) groups is 1. The number of Topliss-reactive ketones (excluding diaryl/α,β-unsaturated/α-hetero) is 1. The predicted octanol–water partition coefficient (Wildman–Crippen LogP) is 3.85. The first-order chi connectivity index (χ1) is 8.06. The summed E-state index contributed by atoms with van der Waals surface area (Å²) >= 11 is 0. The van der Waals surface area contributed by atoms with Gasteiger partial charge in [0.2, 0.25) is 0 Å². The summed E-state index contributed by atoms with van der Waals surface area (Å²) in [5, 5.41) is 0. The lowest BCUT2D eigenvalue weighted by molar-refractivity contribution is -0.125. The van der Waals surface area contributed by atoms with Gasteiger partial charge in [-0.15, -0.1) is 0 Å². The van der Waals surface area contributed by atoms with Gasteiger partial charge in [0.15, 0.2) is 0 Å². The van der Waals surface area contributed by atoms with Crippen LogP contribution in [0.4, 0.5) is 0 Å². The van der Waals surface area contributed by atoms with Crippen molar-refractivity contribution in [3.63, 3.8) is 0 Å². The Morgan fingerprint density at radius 1 is 1.29 bits per heavy atom. The average Bonchev–Trinajstić information content (AvgIpc) is 2.28. The van der Waals surface area contributed by atoms with Crippen molar-refractivity contribution in [1.29, 1.82) is 0 Å². The molecule has 1 fully saturated rings. The molecule has 0 heterocycles. The minimum atomic E-state index is 0.263. The van der Waals surface area contributed by atoms with Crippen molar-refractivity contribution >= 4 is 5.78 Å². The molecule has 2 rings (SSSR count). The SMILES string of the molecule is Cc1ccc(C)c(CC2CC(C)CCC2=O)c1. The maximum Gasteiger partial charge on any atom is 0.136 e. The molecule has 0 aliphatic heterocycles. The molecule has 92 valence electrons. The third-order valence-electron chi connectivity index (χ3n) is 4.00. The molecule has 0 amide bonds. The number of rotatable bonds is 2.